The second kappa shape index (κ2) is 7.40. The largest absolute Gasteiger partial charge is 0.480 e. The van der Waals surface area contributed by atoms with Crippen LogP contribution < -0.4 is 10.2 Å². The van der Waals surface area contributed by atoms with Gasteiger partial charge in [0.25, 0.3) is 0 Å². The van der Waals surface area contributed by atoms with E-state index in [0.29, 0.717) is 28.7 Å². The number of carbonyl (C=O) groups is 3. The molecule has 0 bridgehead atoms. The van der Waals surface area contributed by atoms with Gasteiger partial charge >= 0.3 is 5.97 Å². The van der Waals surface area contributed by atoms with E-state index in [1.807, 2.05) is 0 Å². The molecule has 1 heterocycles. The van der Waals surface area contributed by atoms with E-state index in [1.165, 1.54) is 4.90 Å². The first-order chi connectivity index (χ1) is 11.2. The first kappa shape index (κ1) is 18.5. The van der Waals surface area contributed by atoms with Crippen molar-refractivity contribution in [3.05, 3.63) is 28.2 Å². The zero-order valence-electron chi connectivity index (χ0n) is 13.3. The second-order valence-electron chi connectivity index (χ2n) is 6.00. The van der Waals surface area contributed by atoms with Crippen molar-refractivity contribution in [3.8, 4) is 0 Å². The van der Waals surface area contributed by atoms with Crippen LogP contribution in [0.15, 0.2) is 18.2 Å². The quantitative estimate of drug-likeness (QED) is 0.777. The number of aliphatic carboxylic acids is 1. The second-order valence-corrected chi connectivity index (χ2v) is 6.81. The Morgan fingerprint density at radius 2 is 1.96 bits per heavy atom. The summed E-state index contributed by atoms with van der Waals surface area (Å²) < 4.78 is 0. The van der Waals surface area contributed by atoms with Crippen molar-refractivity contribution in [2.24, 2.45) is 11.8 Å². The van der Waals surface area contributed by atoms with E-state index >= 15 is 0 Å². The fourth-order valence-corrected chi connectivity index (χ4v) is 2.89. The van der Waals surface area contributed by atoms with Crippen molar-refractivity contribution in [1.82, 2.24) is 5.32 Å². The topological polar surface area (TPSA) is 86.7 Å². The molecular formula is C16H18Cl2N2O4. The van der Waals surface area contributed by atoms with Crippen molar-refractivity contribution >= 4 is 46.7 Å². The van der Waals surface area contributed by atoms with Crippen LogP contribution in [-0.2, 0) is 14.4 Å². The molecule has 0 saturated carbocycles. The maximum atomic E-state index is 12.5. The number of hydrogen-bond acceptors (Lipinski definition) is 3. The summed E-state index contributed by atoms with van der Waals surface area (Å²) in [7, 11) is 0. The van der Waals surface area contributed by atoms with E-state index in [1.54, 1.807) is 32.0 Å². The molecular weight excluding hydrogens is 355 g/mol. The molecule has 2 rings (SSSR count). The standard InChI is InChI=1S/C16H18Cl2N2O4/c1-8(2)13(16(23)24)19-14(21)10-5-6-20(15(10)22)9-3-4-11(17)12(18)7-9/h3-4,7-8,10,13H,5-6H2,1-2H3,(H,19,21)(H,23,24)/t10?,13-/m0/s1. The molecule has 2 amide bonds. The van der Waals surface area contributed by atoms with E-state index < -0.39 is 23.8 Å². The highest BCUT2D eigenvalue weighted by Gasteiger charge is 2.39. The first-order valence-corrected chi connectivity index (χ1v) is 8.27. The molecule has 1 aliphatic rings. The summed E-state index contributed by atoms with van der Waals surface area (Å²) in [5, 5.41) is 12.3. The van der Waals surface area contributed by atoms with Gasteiger partial charge in [-0.3, -0.25) is 9.59 Å². The number of halogens is 2. The van der Waals surface area contributed by atoms with Crippen LogP contribution in [0.3, 0.4) is 0 Å². The molecule has 1 unspecified atom stereocenters. The summed E-state index contributed by atoms with van der Waals surface area (Å²) in [4.78, 5) is 37.5. The molecule has 1 fully saturated rings. The smallest absolute Gasteiger partial charge is 0.326 e. The van der Waals surface area contributed by atoms with Gasteiger partial charge in [0, 0.05) is 12.2 Å². The summed E-state index contributed by atoms with van der Waals surface area (Å²) in [6.07, 6.45) is 0.315. The van der Waals surface area contributed by atoms with Crippen LogP contribution in [0.25, 0.3) is 0 Å². The normalized spacial score (nSPS) is 18.8. The van der Waals surface area contributed by atoms with Gasteiger partial charge in [-0.15, -0.1) is 0 Å². The van der Waals surface area contributed by atoms with Gasteiger partial charge in [-0.05, 0) is 30.5 Å². The van der Waals surface area contributed by atoms with Crippen molar-refractivity contribution < 1.29 is 19.5 Å². The van der Waals surface area contributed by atoms with Crippen molar-refractivity contribution in [2.75, 3.05) is 11.4 Å². The number of rotatable bonds is 5. The molecule has 8 heteroatoms. The molecule has 6 nitrogen and oxygen atoms in total. The molecule has 130 valence electrons. The molecule has 0 aromatic heterocycles. The predicted molar refractivity (Wildman–Crippen MR) is 91.3 cm³/mol. The zero-order chi connectivity index (χ0) is 18.0. The summed E-state index contributed by atoms with van der Waals surface area (Å²) in [5.41, 5.74) is 0.559. The van der Waals surface area contributed by atoms with Gasteiger partial charge in [0.1, 0.15) is 12.0 Å². The van der Waals surface area contributed by atoms with Crippen LogP contribution in [0.5, 0.6) is 0 Å². The van der Waals surface area contributed by atoms with Gasteiger partial charge in [-0.25, -0.2) is 4.79 Å². The average molecular weight is 373 g/mol. The highest BCUT2D eigenvalue weighted by atomic mass is 35.5. The molecule has 24 heavy (non-hydrogen) atoms. The Bertz CT molecular complexity index is 678. The maximum Gasteiger partial charge on any atom is 0.326 e. The lowest BCUT2D eigenvalue weighted by Crippen LogP contribution is -2.48. The summed E-state index contributed by atoms with van der Waals surface area (Å²) in [6.45, 7) is 3.74. The number of nitrogens with zero attached hydrogens (tertiary/aromatic N) is 1. The van der Waals surface area contributed by atoms with Crippen molar-refractivity contribution in [2.45, 2.75) is 26.3 Å². The lowest BCUT2D eigenvalue weighted by atomic mass is 10.0. The van der Waals surface area contributed by atoms with Gasteiger partial charge in [-0.2, -0.15) is 0 Å². The van der Waals surface area contributed by atoms with Gasteiger partial charge in [-0.1, -0.05) is 37.0 Å². The number of anilines is 1. The van der Waals surface area contributed by atoms with E-state index in [9.17, 15) is 14.4 Å². The Morgan fingerprint density at radius 1 is 1.29 bits per heavy atom. The summed E-state index contributed by atoms with van der Waals surface area (Å²) in [6, 6.07) is 3.78. The third-order valence-electron chi connectivity index (χ3n) is 3.97. The van der Waals surface area contributed by atoms with Crippen LogP contribution in [0.4, 0.5) is 5.69 Å². The van der Waals surface area contributed by atoms with Crippen LogP contribution in [0, 0.1) is 11.8 Å². The zero-order valence-corrected chi connectivity index (χ0v) is 14.8. The minimum atomic E-state index is -1.12. The van der Waals surface area contributed by atoms with E-state index in [2.05, 4.69) is 5.32 Å². The number of carboxylic acid groups (broad SMARTS) is 1. The van der Waals surface area contributed by atoms with E-state index in [0.717, 1.165) is 0 Å². The van der Waals surface area contributed by atoms with Crippen LogP contribution in [0.1, 0.15) is 20.3 Å². The fourth-order valence-electron chi connectivity index (χ4n) is 2.60. The molecule has 1 aliphatic heterocycles. The molecule has 2 N–H and O–H groups in total. The molecule has 1 aromatic carbocycles. The lowest BCUT2D eigenvalue weighted by molar-refractivity contribution is -0.144. The minimum Gasteiger partial charge on any atom is -0.480 e. The Balaban J connectivity index is 2.11. The molecule has 0 radical (unpaired) electrons. The Labute approximate surface area is 149 Å². The molecule has 0 spiro atoms. The van der Waals surface area contributed by atoms with Gasteiger partial charge in [0.15, 0.2) is 0 Å². The summed E-state index contributed by atoms with van der Waals surface area (Å²) in [5.74, 6) is -3.25. The number of amides is 2. The van der Waals surface area contributed by atoms with Crippen LogP contribution >= 0.6 is 23.2 Å². The minimum absolute atomic E-state index is 0.283. The Kier molecular flexibility index (Phi) is 5.72. The molecule has 2 atom stereocenters. The monoisotopic (exact) mass is 372 g/mol. The molecule has 0 aliphatic carbocycles. The lowest BCUT2D eigenvalue weighted by Gasteiger charge is -2.20. The van der Waals surface area contributed by atoms with Crippen LogP contribution in [-0.4, -0.2) is 35.5 Å². The van der Waals surface area contributed by atoms with Gasteiger partial charge in [0.2, 0.25) is 11.8 Å². The molecule has 1 saturated heterocycles. The first-order valence-electron chi connectivity index (χ1n) is 7.52. The number of carbonyl (C=O) groups excluding carboxylic acids is 2. The predicted octanol–water partition coefficient (Wildman–Crippen LogP) is 2.57. The van der Waals surface area contributed by atoms with E-state index in [-0.39, 0.29) is 11.8 Å². The highest BCUT2D eigenvalue weighted by Crippen LogP contribution is 2.31. The number of benzene rings is 1. The van der Waals surface area contributed by atoms with Crippen molar-refractivity contribution in [3.63, 3.8) is 0 Å². The average Bonchev–Trinajstić information content (AvgIpc) is 2.88. The number of carboxylic acids is 1. The number of hydrogen-bond donors (Lipinski definition) is 2. The SMILES string of the molecule is CC(C)[C@H](NC(=O)C1CCN(c2ccc(Cl)c(Cl)c2)C1=O)C(=O)O. The maximum absolute atomic E-state index is 12.5. The third-order valence-corrected chi connectivity index (χ3v) is 4.71. The number of nitrogens with one attached hydrogen (secondary N) is 1. The third kappa shape index (κ3) is 3.82. The highest BCUT2D eigenvalue weighted by molar-refractivity contribution is 6.42. The van der Waals surface area contributed by atoms with Crippen molar-refractivity contribution in [1.29, 1.82) is 0 Å². The van der Waals surface area contributed by atoms with Crippen LogP contribution in [0.2, 0.25) is 10.0 Å². The Hall–Kier alpha value is -1.79. The van der Waals surface area contributed by atoms with Gasteiger partial charge in [0.05, 0.1) is 10.0 Å². The Morgan fingerprint density at radius 3 is 2.50 bits per heavy atom. The van der Waals surface area contributed by atoms with Gasteiger partial charge < -0.3 is 15.3 Å². The fraction of sp³-hybridized carbons (Fsp3) is 0.438. The summed E-state index contributed by atoms with van der Waals surface area (Å²) >= 11 is 11.8. The molecule has 1 aromatic rings. The van der Waals surface area contributed by atoms with E-state index in [4.69, 9.17) is 28.3 Å².